The highest BCUT2D eigenvalue weighted by Crippen LogP contribution is 2.40. The Hall–Kier alpha value is -2.41. The lowest BCUT2D eigenvalue weighted by atomic mass is 9.93. The Balaban J connectivity index is 1.60. The van der Waals surface area contributed by atoms with Crippen molar-refractivity contribution in [2.45, 2.75) is 37.2 Å². The third-order valence-corrected chi connectivity index (χ3v) is 6.64. The Labute approximate surface area is 177 Å². The molecule has 1 aromatic carbocycles. The summed E-state index contributed by atoms with van der Waals surface area (Å²) in [5.74, 6) is -1.78. The number of fused-ring (bicyclic) bond motifs is 1. The van der Waals surface area contributed by atoms with Gasteiger partial charge in [0.25, 0.3) is 10.0 Å². The number of halogens is 2. The van der Waals surface area contributed by atoms with Crippen molar-refractivity contribution in [3.8, 4) is 0 Å². The summed E-state index contributed by atoms with van der Waals surface area (Å²) in [7, 11) is -2.42. The van der Waals surface area contributed by atoms with E-state index in [1.54, 1.807) is 4.90 Å². The van der Waals surface area contributed by atoms with Crippen LogP contribution in [0.3, 0.4) is 0 Å². The zero-order chi connectivity index (χ0) is 22.5. The van der Waals surface area contributed by atoms with E-state index < -0.39 is 45.8 Å². The number of rotatable bonds is 4. The first-order valence-electron chi connectivity index (χ1n) is 9.55. The van der Waals surface area contributed by atoms with E-state index in [0.717, 1.165) is 28.5 Å². The first kappa shape index (κ1) is 21.8. The second kappa shape index (κ2) is 7.93. The molecule has 12 heteroatoms. The predicted molar refractivity (Wildman–Crippen MR) is 104 cm³/mol. The van der Waals surface area contributed by atoms with Crippen molar-refractivity contribution in [2.24, 2.45) is 5.73 Å². The molecule has 31 heavy (non-hydrogen) atoms. The van der Waals surface area contributed by atoms with Crippen LogP contribution in [0.5, 0.6) is 0 Å². The molecular weight excluding hydrogens is 434 g/mol. The van der Waals surface area contributed by atoms with Gasteiger partial charge in [-0.15, -0.1) is 0 Å². The monoisotopic (exact) mass is 456 g/mol. The number of benzene rings is 1. The molecule has 0 aliphatic carbocycles. The Bertz CT molecular complexity index is 1120. The Morgan fingerprint density at radius 1 is 1.32 bits per heavy atom. The van der Waals surface area contributed by atoms with Gasteiger partial charge in [-0.25, -0.2) is 22.0 Å². The minimum absolute atomic E-state index is 0.0351. The molecule has 3 heterocycles. The third kappa shape index (κ3) is 3.84. The smallest absolute Gasteiger partial charge is 0.327 e. The van der Waals surface area contributed by atoms with E-state index in [1.807, 2.05) is 0 Å². The lowest BCUT2D eigenvalue weighted by Gasteiger charge is -2.40. The number of ether oxygens (including phenoxy) is 2. The minimum Gasteiger partial charge on any atom is -0.468 e. The van der Waals surface area contributed by atoms with Gasteiger partial charge < -0.3 is 15.2 Å². The standard InChI is InChI=1S/C19H22F2N4O5S/c1-29-19(26)17-13-7-23-25(31(2,27)28)16(13)8-24(17)11-6-15(22)18(30-9-11)12-5-10(20)3-4-14(12)21/h3-5,7,11,15,17-18H,6,8-9,22H2,1-2H3/t11-,15+,17-,18-/m1/s1. The number of methoxy groups -OCH3 is 1. The van der Waals surface area contributed by atoms with Crippen molar-refractivity contribution in [3.63, 3.8) is 0 Å². The zero-order valence-electron chi connectivity index (χ0n) is 16.9. The molecule has 1 aromatic heterocycles. The predicted octanol–water partition coefficient (Wildman–Crippen LogP) is 0.856. The maximum absolute atomic E-state index is 14.2. The van der Waals surface area contributed by atoms with Gasteiger partial charge in [-0.05, 0) is 24.6 Å². The van der Waals surface area contributed by atoms with Gasteiger partial charge in [0.1, 0.15) is 23.8 Å². The van der Waals surface area contributed by atoms with E-state index in [2.05, 4.69) is 5.10 Å². The molecule has 1 fully saturated rings. The summed E-state index contributed by atoms with van der Waals surface area (Å²) < 4.78 is 63.5. The molecule has 2 aromatic rings. The van der Waals surface area contributed by atoms with E-state index >= 15 is 0 Å². The van der Waals surface area contributed by atoms with E-state index in [4.69, 9.17) is 15.2 Å². The van der Waals surface area contributed by atoms with Gasteiger partial charge in [-0.2, -0.15) is 9.19 Å². The number of nitrogens with two attached hydrogens (primary N) is 1. The summed E-state index contributed by atoms with van der Waals surface area (Å²) in [5, 5.41) is 3.90. The lowest BCUT2D eigenvalue weighted by molar-refractivity contribution is -0.150. The van der Waals surface area contributed by atoms with E-state index in [1.165, 1.54) is 13.3 Å². The number of carbonyl (C=O) groups excluding carboxylic acids is 1. The quantitative estimate of drug-likeness (QED) is 0.674. The van der Waals surface area contributed by atoms with Gasteiger partial charge in [0.05, 0.1) is 31.9 Å². The van der Waals surface area contributed by atoms with Crippen molar-refractivity contribution < 1.29 is 31.5 Å². The second-order valence-electron chi connectivity index (χ2n) is 7.72. The van der Waals surface area contributed by atoms with Gasteiger partial charge in [0.2, 0.25) is 0 Å². The van der Waals surface area contributed by atoms with Gasteiger partial charge in [-0.1, -0.05) is 0 Å². The second-order valence-corrected chi connectivity index (χ2v) is 9.54. The number of nitrogens with zero attached hydrogens (tertiary/aromatic N) is 3. The van der Waals surface area contributed by atoms with Gasteiger partial charge in [0, 0.05) is 29.8 Å². The topological polar surface area (TPSA) is 117 Å². The maximum atomic E-state index is 14.2. The molecular formula is C19H22F2N4O5S. The van der Waals surface area contributed by atoms with Crippen molar-refractivity contribution in [1.29, 1.82) is 0 Å². The highest BCUT2D eigenvalue weighted by molar-refractivity contribution is 7.89. The molecule has 0 amide bonds. The molecule has 4 rings (SSSR count). The molecule has 1 saturated heterocycles. The molecule has 0 radical (unpaired) electrons. The van der Waals surface area contributed by atoms with E-state index in [-0.39, 0.29) is 24.8 Å². The van der Waals surface area contributed by atoms with Crippen LogP contribution >= 0.6 is 0 Å². The molecule has 168 valence electrons. The summed E-state index contributed by atoms with van der Waals surface area (Å²) in [6.45, 7) is 0.195. The number of hydrogen-bond acceptors (Lipinski definition) is 8. The molecule has 0 unspecified atom stereocenters. The number of aromatic nitrogens is 2. The molecule has 2 aliphatic heterocycles. The number of hydrogen-bond donors (Lipinski definition) is 1. The lowest BCUT2D eigenvalue weighted by Crippen LogP contribution is -2.50. The molecule has 0 bridgehead atoms. The normalized spacial score (nSPS) is 26.6. The summed E-state index contributed by atoms with van der Waals surface area (Å²) in [5.41, 5.74) is 7.09. The van der Waals surface area contributed by atoms with E-state index in [0.29, 0.717) is 17.7 Å². The molecule has 2 N–H and O–H groups in total. The summed E-state index contributed by atoms with van der Waals surface area (Å²) in [4.78, 5) is 14.3. The van der Waals surface area contributed by atoms with Crippen molar-refractivity contribution >= 4 is 16.0 Å². The molecule has 0 spiro atoms. The third-order valence-electron chi connectivity index (χ3n) is 5.70. The Kier molecular flexibility index (Phi) is 5.58. The Morgan fingerprint density at radius 2 is 2.06 bits per heavy atom. The molecule has 0 saturated carbocycles. The van der Waals surface area contributed by atoms with Crippen LogP contribution in [-0.2, 0) is 30.8 Å². The average molecular weight is 456 g/mol. The van der Waals surface area contributed by atoms with Crippen LogP contribution in [0.15, 0.2) is 24.4 Å². The number of carbonyl (C=O) groups is 1. The summed E-state index contributed by atoms with van der Waals surface area (Å²) in [6, 6.07) is 1.16. The van der Waals surface area contributed by atoms with Gasteiger partial charge >= 0.3 is 5.97 Å². The van der Waals surface area contributed by atoms with Gasteiger partial charge in [0.15, 0.2) is 0 Å². The van der Waals surface area contributed by atoms with Crippen molar-refractivity contribution in [3.05, 3.63) is 52.9 Å². The fourth-order valence-electron chi connectivity index (χ4n) is 4.32. The van der Waals surface area contributed by atoms with Crippen LogP contribution in [0.4, 0.5) is 8.78 Å². The van der Waals surface area contributed by atoms with Crippen LogP contribution in [0.25, 0.3) is 0 Å². The Morgan fingerprint density at radius 3 is 2.71 bits per heavy atom. The summed E-state index contributed by atoms with van der Waals surface area (Å²) >= 11 is 0. The highest BCUT2D eigenvalue weighted by Gasteiger charge is 2.46. The molecule has 4 atom stereocenters. The highest BCUT2D eigenvalue weighted by atomic mass is 32.2. The SMILES string of the molecule is COC(=O)[C@H]1c2cnn(S(C)(=O)=O)c2CN1[C@H]1CO[C@H](c2cc(F)ccc2F)[C@@H](N)C1. The first-order valence-corrected chi connectivity index (χ1v) is 11.4. The molecule has 9 nitrogen and oxygen atoms in total. The van der Waals surface area contributed by atoms with Crippen LogP contribution in [0.2, 0.25) is 0 Å². The van der Waals surface area contributed by atoms with Crippen molar-refractivity contribution in [2.75, 3.05) is 20.0 Å². The van der Waals surface area contributed by atoms with Crippen LogP contribution in [0, 0.1) is 11.6 Å². The first-order chi connectivity index (χ1) is 14.6. The van der Waals surface area contributed by atoms with Crippen LogP contribution in [0.1, 0.15) is 35.4 Å². The van der Waals surface area contributed by atoms with Crippen LogP contribution in [-0.4, -0.2) is 60.5 Å². The van der Waals surface area contributed by atoms with Crippen LogP contribution < -0.4 is 5.73 Å². The zero-order valence-corrected chi connectivity index (χ0v) is 17.7. The maximum Gasteiger partial charge on any atom is 0.327 e. The number of esters is 1. The summed E-state index contributed by atoms with van der Waals surface area (Å²) in [6.07, 6.45) is 1.82. The fraction of sp³-hybridized carbons (Fsp3) is 0.474. The minimum atomic E-state index is -3.67. The van der Waals surface area contributed by atoms with Crippen molar-refractivity contribution in [1.82, 2.24) is 14.1 Å². The van der Waals surface area contributed by atoms with Gasteiger partial charge in [-0.3, -0.25) is 4.90 Å². The largest absolute Gasteiger partial charge is 0.468 e. The van der Waals surface area contributed by atoms with E-state index in [9.17, 15) is 22.0 Å². The fourth-order valence-corrected chi connectivity index (χ4v) is 5.10. The molecule has 2 aliphatic rings. The average Bonchev–Trinajstić information content (AvgIpc) is 3.28.